The van der Waals surface area contributed by atoms with E-state index in [1.54, 1.807) is 0 Å². The second-order valence-electron chi connectivity index (χ2n) is 32.5. The molecule has 0 aliphatic rings. The molecule has 0 radical (unpaired) electrons. The number of unbranched alkanes of at least 4 members (excludes halogenated alkanes) is 61. The van der Waals surface area contributed by atoms with E-state index in [9.17, 15) is 43.2 Å². The molecular formula is C89H174O17P2. The summed E-state index contributed by atoms with van der Waals surface area (Å²) in [6, 6.07) is 0. The predicted molar refractivity (Wildman–Crippen MR) is 446 cm³/mol. The SMILES string of the molecule is CCCCCCCCCCCCCCCCCCCCCC(=O)OC[C@H](COP(=O)(O)OC[C@@H](O)COP(=O)(O)OC[C@@H](COC(=O)CCCCCCCCCCCCCCC)OC(=O)CCCCCCCCCCCCCCCCC(C)C)OC(=O)CCCCCCCCCCCCCCCCCCCCC. The molecule has 2 unspecified atom stereocenters. The van der Waals surface area contributed by atoms with Crippen LogP contribution < -0.4 is 0 Å². The number of esters is 4. The first-order valence-electron chi connectivity index (χ1n) is 46.1. The fourth-order valence-electron chi connectivity index (χ4n) is 14.0. The minimum absolute atomic E-state index is 0.109. The maximum atomic E-state index is 13.2. The summed E-state index contributed by atoms with van der Waals surface area (Å²) >= 11 is 0. The Labute approximate surface area is 664 Å². The van der Waals surface area contributed by atoms with Gasteiger partial charge in [-0.05, 0) is 31.6 Å². The van der Waals surface area contributed by atoms with Gasteiger partial charge in [0.15, 0.2) is 12.2 Å². The normalized spacial score (nSPS) is 13.7. The van der Waals surface area contributed by atoms with Gasteiger partial charge in [-0.25, -0.2) is 9.13 Å². The first-order valence-corrected chi connectivity index (χ1v) is 49.1. The lowest BCUT2D eigenvalue weighted by Crippen LogP contribution is -2.30. The molecule has 0 aromatic heterocycles. The number of carbonyl (C=O) groups is 4. The summed E-state index contributed by atoms with van der Waals surface area (Å²) in [6.07, 6.45) is 76.3. The maximum Gasteiger partial charge on any atom is 0.472 e. The van der Waals surface area contributed by atoms with E-state index in [4.69, 9.17) is 37.0 Å². The lowest BCUT2D eigenvalue weighted by molar-refractivity contribution is -0.161. The molecule has 0 saturated carbocycles. The maximum absolute atomic E-state index is 13.2. The van der Waals surface area contributed by atoms with Crippen molar-refractivity contribution in [1.29, 1.82) is 0 Å². The highest BCUT2D eigenvalue weighted by molar-refractivity contribution is 7.47. The van der Waals surface area contributed by atoms with Crippen molar-refractivity contribution < 1.29 is 80.2 Å². The molecule has 642 valence electrons. The molecule has 0 spiro atoms. The van der Waals surface area contributed by atoms with Crippen molar-refractivity contribution >= 4 is 39.5 Å². The Kier molecular flexibility index (Phi) is 80.2. The second kappa shape index (κ2) is 81.6. The van der Waals surface area contributed by atoms with Crippen LogP contribution in [0.4, 0.5) is 0 Å². The Hall–Kier alpha value is -1.94. The second-order valence-corrected chi connectivity index (χ2v) is 35.4. The van der Waals surface area contributed by atoms with Crippen molar-refractivity contribution in [3.63, 3.8) is 0 Å². The third-order valence-corrected chi connectivity index (χ3v) is 22.9. The minimum Gasteiger partial charge on any atom is -0.462 e. The quantitative estimate of drug-likeness (QED) is 0.0222. The number of aliphatic hydroxyl groups is 1. The summed E-state index contributed by atoms with van der Waals surface area (Å²) in [5.41, 5.74) is 0. The minimum atomic E-state index is -4.97. The standard InChI is InChI=1S/C89H174O17P2/c1-6-9-12-15-18-21-24-27-29-31-33-35-37-43-48-53-58-63-68-73-87(92)100-79-85(105-88(93)74-69-64-59-54-49-44-38-36-34-32-30-28-25-22-19-16-13-10-7-2)81-104-108(97,98)102-77-83(90)76-101-107(95,96)103-80-84(78-99-86(91)72-67-62-57-52-47-41-26-23-20-17-14-11-8-3)106-89(94)75-70-65-60-55-50-45-40-39-42-46-51-56-61-66-71-82(4)5/h82-85,90H,6-81H2,1-5H3,(H,95,96)(H,97,98)/t83-,84+,85+/m0/s1. The van der Waals surface area contributed by atoms with E-state index in [0.717, 1.165) is 95.8 Å². The zero-order valence-corrected chi connectivity index (χ0v) is 72.8. The molecule has 0 aromatic rings. The summed E-state index contributed by atoms with van der Waals surface area (Å²) in [7, 11) is -9.93. The van der Waals surface area contributed by atoms with Gasteiger partial charge in [0.2, 0.25) is 0 Å². The Morgan fingerprint density at radius 2 is 0.426 bits per heavy atom. The summed E-state index contributed by atoms with van der Waals surface area (Å²) in [5.74, 6) is -1.30. The van der Waals surface area contributed by atoms with Crippen LogP contribution in [0.2, 0.25) is 0 Å². The van der Waals surface area contributed by atoms with Crippen LogP contribution in [0.5, 0.6) is 0 Å². The first kappa shape index (κ1) is 106. The van der Waals surface area contributed by atoms with E-state index in [0.29, 0.717) is 25.7 Å². The predicted octanol–water partition coefficient (Wildman–Crippen LogP) is 27.5. The van der Waals surface area contributed by atoms with Gasteiger partial charge >= 0.3 is 39.5 Å². The third kappa shape index (κ3) is 82.1. The average Bonchev–Trinajstić information content (AvgIpc) is 0.897. The Balaban J connectivity index is 5.26. The van der Waals surface area contributed by atoms with Gasteiger partial charge in [-0.15, -0.1) is 0 Å². The molecule has 0 rings (SSSR count). The van der Waals surface area contributed by atoms with Crippen molar-refractivity contribution in [2.45, 2.75) is 502 Å². The number of rotatable bonds is 89. The molecule has 0 aliphatic carbocycles. The molecule has 5 atom stereocenters. The first-order chi connectivity index (χ1) is 52.5. The van der Waals surface area contributed by atoms with Gasteiger partial charge in [-0.1, -0.05) is 433 Å². The molecule has 0 amide bonds. The van der Waals surface area contributed by atoms with Crippen LogP contribution in [0.1, 0.15) is 484 Å². The molecule has 0 aliphatic heterocycles. The fourth-order valence-corrected chi connectivity index (χ4v) is 15.6. The molecule has 0 heterocycles. The number of hydrogen-bond donors (Lipinski definition) is 3. The Morgan fingerprint density at radius 3 is 0.630 bits per heavy atom. The van der Waals surface area contributed by atoms with Crippen molar-refractivity contribution in [2.75, 3.05) is 39.6 Å². The zero-order chi connectivity index (χ0) is 79.0. The number of phosphoric acid groups is 2. The van der Waals surface area contributed by atoms with Crippen molar-refractivity contribution in [2.24, 2.45) is 5.92 Å². The highest BCUT2D eigenvalue weighted by atomic mass is 31.2. The lowest BCUT2D eigenvalue weighted by Gasteiger charge is -2.21. The van der Waals surface area contributed by atoms with Gasteiger partial charge in [-0.2, -0.15) is 0 Å². The number of carbonyl (C=O) groups excluding carboxylic acids is 4. The Bertz CT molecular complexity index is 2050. The van der Waals surface area contributed by atoms with E-state index in [2.05, 4.69) is 34.6 Å². The molecule has 108 heavy (non-hydrogen) atoms. The molecule has 0 bridgehead atoms. The molecule has 0 aromatic carbocycles. The summed E-state index contributed by atoms with van der Waals surface area (Å²) < 4.78 is 69.0. The van der Waals surface area contributed by atoms with Crippen molar-refractivity contribution in [3.8, 4) is 0 Å². The van der Waals surface area contributed by atoms with E-state index >= 15 is 0 Å². The number of aliphatic hydroxyl groups excluding tert-OH is 1. The van der Waals surface area contributed by atoms with Crippen LogP contribution in [-0.4, -0.2) is 96.7 Å². The van der Waals surface area contributed by atoms with E-state index in [1.807, 2.05) is 0 Å². The van der Waals surface area contributed by atoms with Gasteiger partial charge in [0.05, 0.1) is 26.4 Å². The largest absolute Gasteiger partial charge is 0.472 e. The average molecular weight is 1580 g/mol. The zero-order valence-electron chi connectivity index (χ0n) is 71.0. The van der Waals surface area contributed by atoms with E-state index < -0.39 is 97.5 Å². The van der Waals surface area contributed by atoms with E-state index in [1.165, 1.54) is 308 Å². The molecule has 0 saturated heterocycles. The van der Waals surface area contributed by atoms with E-state index in [-0.39, 0.29) is 25.7 Å². The van der Waals surface area contributed by atoms with Crippen LogP contribution in [0.15, 0.2) is 0 Å². The number of ether oxygens (including phenoxy) is 4. The highest BCUT2D eigenvalue weighted by Crippen LogP contribution is 2.45. The summed E-state index contributed by atoms with van der Waals surface area (Å²) in [4.78, 5) is 73.4. The highest BCUT2D eigenvalue weighted by Gasteiger charge is 2.30. The van der Waals surface area contributed by atoms with Crippen LogP contribution >= 0.6 is 15.6 Å². The van der Waals surface area contributed by atoms with Crippen molar-refractivity contribution in [3.05, 3.63) is 0 Å². The van der Waals surface area contributed by atoms with Gasteiger partial charge in [-0.3, -0.25) is 37.3 Å². The van der Waals surface area contributed by atoms with Gasteiger partial charge in [0.25, 0.3) is 0 Å². The number of hydrogen-bond acceptors (Lipinski definition) is 15. The summed E-state index contributed by atoms with van der Waals surface area (Å²) in [6.45, 7) is 7.41. The lowest BCUT2D eigenvalue weighted by atomic mass is 10.0. The van der Waals surface area contributed by atoms with Crippen LogP contribution in [0, 0.1) is 5.92 Å². The Morgan fingerprint density at radius 1 is 0.250 bits per heavy atom. The topological polar surface area (TPSA) is 237 Å². The van der Waals surface area contributed by atoms with Crippen LogP contribution in [-0.2, 0) is 65.4 Å². The monoisotopic (exact) mass is 1580 g/mol. The molecule has 17 nitrogen and oxygen atoms in total. The van der Waals surface area contributed by atoms with Gasteiger partial charge < -0.3 is 33.8 Å². The van der Waals surface area contributed by atoms with Crippen LogP contribution in [0.25, 0.3) is 0 Å². The third-order valence-electron chi connectivity index (χ3n) is 21.0. The van der Waals surface area contributed by atoms with Crippen molar-refractivity contribution in [1.82, 2.24) is 0 Å². The van der Waals surface area contributed by atoms with Gasteiger partial charge in [0.1, 0.15) is 19.3 Å². The fraction of sp³-hybridized carbons (Fsp3) is 0.955. The summed E-state index contributed by atoms with van der Waals surface area (Å²) in [5, 5.41) is 10.7. The van der Waals surface area contributed by atoms with Crippen LogP contribution in [0.3, 0.4) is 0 Å². The molecule has 0 fully saturated rings. The number of phosphoric ester groups is 2. The smallest absolute Gasteiger partial charge is 0.462 e. The van der Waals surface area contributed by atoms with Gasteiger partial charge in [0, 0.05) is 25.7 Å². The molecule has 3 N–H and O–H groups in total. The molecular weight excluding hydrogens is 1400 g/mol. The molecule has 19 heteroatoms.